The number of phenols is 1. The average molecular weight is 323 g/mol. The highest BCUT2D eigenvalue weighted by Gasteiger charge is 2.15. The number of halogens is 1. The minimum absolute atomic E-state index is 0. The number of carbonyl (C=O) groups is 1. The maximum atomic E-state index is 12.1. The van der Waals surface area contributed by atoms with Gasteiger partial charge in [-0.3, -0.25) is 4.79 Å². The number of phenolic OH excluding ortho intramolecular Hbond substituents is 1. The zero-order valence-corrected chi connectivity index (χ0v) is 13.8. The molecule has 1 amide bonds. The quantitative estimate of drug-likeness (QED) is 0.843. The predicted molar refractivity (Wildman–Crippen MR) is 91.7 cm³/mol. The van der Waals surface area contributed by atoms with Crippen LogP contribution in [0.3, 0.4) is 0 Å². The minimum atomic E-state index is -0.176. The van der Waals surface area contributed by atoms with E-state index in [1.54, 1.807) is 6.07 Å². The zero-order chi connectivity index (χ0) is 14.4. The van der Waals surface area contributed by atoms with E-state index >= 15 is 0 Å². The van der Waals surface area contributed by atoms with E-state index < -0.39 is 0 Å². The Labute approximate surface area is 140 Å². The van der Waals surface area contributed by atoms with Gasteiger partial charge in [-0.15, -0.1) is 0 Å². The summed E-state index contributed by atoms with van der Waals surface area (Å²) < 4.78 is 0. The molecule has 0 heterocycles. The van der Waals surface area contributed by atoms with Gasteiger partial charge in [0, 0.05) is 6.54 Å². The van der Waals surface area contributed by atoms with Crippen LogP contribution in [0.4, 0.5) is 0 Å². The molecule has 121 valence electrons. The molecule has 5 radical (unpaired) electrons. The Bertz CT molecular complexity index is 454. The summed E-state index contributed by atoms with van der Waals surface area (Å²) in [5.41, 5.74) is 0.413. The standard InChI is InChI=1S/C16H21ClNO2.2CH2/c17-15-10-13(19)8-9-14(15)16(20)18-11-12-6-4-2-1-3-5-7-12;;/h8-10,19H,1-7,11H2,(H,18,20);2*1H2. The van der Waals surface area contributed by atoms with Gasteiger partial charge >= 0.3 is 0 Å². The van der Waals surface area contributed by atoms with E-state index in [0.717, 1.165) is 12.8 Å². The first-order valence-electron chi connectivity index (χ1n) is 7.27. The van der Waals surface area contributed by atoms with E-state index in [2.05, 4.69) is 5.32 Å². The minimum Gasteiger partial charge on any atom is -0.508 e. The van der Waals surface area contributed by atoms with Crippen molar-refractivity contribution in [2.45, 2.75) is 44.9 Å². The largest absolute Gasteiger partial charge is 0.508 e. The Morgan fingerprint density at radius 3 is 2.27 bits per heavy atom. The van der Waals surface area contributed by atoms with Gasteiger partial charge in [0.2, 0.25) is 0 Å². The van der Waals surface area contributed by atoms with Crippen molar-refractivity contribution in [3.8, 4) is 5.75 Å². The third-order valence-electron chi connectivity index (χ3n) is 3.76. The second-order valence-electron chi connectivity index (χ2n) is 5.36. The zero-order valence-electron chi connectivity index (χ0n) is 13.0. The lowest BCUT2D eigenvalue weighted by Crippen LogP contribution is -2.29. The summed E-state index contributed by atoms with van der Waals surface area (Å²) in [6, 6.07) is 4.42. The van der Waals surface area contributed by atoms with E-state index in [9.17, 15) is 9.90 Å². The average Bonchev–Trinajstić information content (AvgIpc) is 2.37. The van der Waals surface area contributed by atoms with Gasteiger partial charge in [0.15, 0.2) is 0 Å². The molecule has 1 aromatic rings. The molecular formula is C18H25ClNO2. The van der Waals surface area contributed by atoms with Crippen molar-refractivity contribution in [3.05, 3.63) is 49.6 Å². The van der Waals surface area contributed by atoms with Crippen LogP contribution in [-0.2, 0) is 0 Å². The van der Waals surface area contributed by atoms with Crippen molar-refractivity contribution in [1.82, 2.24) is 5.32 Å². The molecule has 1 saturated carbocycles. The maximum absolute atomic E-state index is 12.1. The van der Waals surface area contributed by atoms with Crippen molar-refractivity contribution in [2.75, 3.05) is 6.54 Å². The molecule has 0 aromatic heterocycles. The smallest absolute Gasteiger partial charge is 0.252 e. The number of aromatic hydroxyl groups is 1. The molecule has 3 nitrogen and oxygen atoms in total. The number of carbonyl (C=O) groups excluding carboxylic acids is 1. The molecule has 2 N–H and O–H groups in total. The molecule has 0 unspecified atom stereocenters. The molecule has 22 heavy (non-hydrogen) atoms. The molecule has 1 aliphatic carbocycles. The van der Waals surface area contributed by atoms with Gasteiger partial charge in [-0.2, -0.15) is 0 Å². The van der Waals surface area contributed by atoms with Crippen LogP contribution in [0.15, 0.2) is 18.2 Å². The summed E-state index contributed by atoms with van der Waals surface area (Å²) in [7, 11) is 0. The lowest BCUT2D eigenvalue weighted by molar-refractivity contribution is 0.0954. The normalized spacial score (nSPS) is 15.7. The first-order chi connectivity index (χ1) is 9.66. The number of nitrogens with one attached hydrogen (secondary N) is 1. The van der Waals surface area contributed by atoms with Crippen molar-refractivity contribution in [2.24, 2.45) is 0 Å². The van der Waals surface area contributed by atoms with Crippen LogP contribution < -0.4 is 5.32 Å². The Morgan fingerprint density at radius 2 is 1.68 bits per heavy atom. The van der Waals surface area contributed by atoms with Crippen LogP contribution in [0.2, 0.25) is 5.02 Å². The Morgan fingerprint density at radius 1 is 1.09 bits per heavy atom. The third kappa shape index (κ3) is 6.27. The Balaban J connectivity index is 0.00000220. The Kier molecular flexibility index (Phi) is 9.91. The fraction of sp³-hybridized carbons (Fsp3) is 0.444. The maximum Gasteiger partial charge on any atom is 0.252 e. The molecule has 0 atom stereocenters. The highest BCUT2D eigenvalue weighted by atomic mass is 35.5. The van der Waals surface area contributed by atoms with E-state index in [1.165, 1.54) is 50.2 Å². The van der Waals surface area contributed by atoms with Gasteiger partial charge in [-0.05, 0) is 37.0 Å². The molecular weight excluding hydrogens is 298 g/mol. The van der Waals surface area contributed by atoms with Crippen molar-refractivity contribution in [1.29, 1.82) is 0 Å². The number of hydrogen-bond acceptors (Lipinski definition) is 2. The van der Waals surface area contributed by atoms with E-state index in [1.807, 2.05) is 0 Å². The SMILES string of the molecule is O=C(NC[C]1CCCCCCC1)c1ccc(O)cc1Cl.[CH2].[CH2]. The summed E-state index contributed by atoms with van der Waals surface area (Å²) >= 11 is 5.97. The monoisotopic (exact) mass is 322 g/mol. The van der Waals surface area contributed by atoms with Crippen LogP contribution in [0, 0.1) is 20.8 Å². The molecule has 1 fully saturated rings. The number of rotatable bonds is 3. The van der Waals surface area contributed by atoms with E-state index in [0.29, 0.717) is 12.1 Å². The van der Waals surface area contributed by atoms with E-state index in [4.69, 9.17) is 11.6 Å². The molecule has 4 heteroatoms. The fourth-order valence-corrected chi connectivity index (χ4v) is 2.83. The van der Waals surface area contributed by atoms with Gasteiger partial charge in [-0.25, -0.2) is 0 Å². The molecule has 2 rings (SSSR count). The van der Waals surface area contributed by atoms with Gasteiger partial charge in [0.25, 0.3) is 5.91 Å². The second-order valence-corrected chi connectivity index (χ2v) is 5.77. The highest BCUT2D eigenvalue weighted by Crippen LogP contribution is 2.24. The van der Waals surface area contributed by atoms with Crippen LogP contribution in [0.5, 0.6) is 5.75 Å². The number of benzene rings is 1. The molecule has 0 bridgehead atoms. The van der Waals surface area contributed by atoms with E-state index in [-0.39, 0.29) is 31.5 Å². The summed E-state index contributed by atoms with van der Waals surface area (Å²) in [5, 5.41) is 12.5. The number of amides is 1. The van der Waals surface area contributed by atoms with Crippen molar-refractivity contribution in [3.63, 3.8) is 0 Å². The van der Waals surface area contributed by atoms with Crippen LogP contribution >= 0.6 is 11.6 Å². The van der Waals surface area contributed by atoms with Crippen molar-refractivity contribution < 1.29 is 9.90 Å². The molecule has 0 aliphatic heterocycles. The van der Waals surface area contributed by atoms with Gasteiger partial charge < -0.3 is 10.4 Å². The van der Waals surface area contributed by atoms with Crippen LogP contribution in [-0.4, -0.2) is 17.6 Å². The first-order valence-corrected chi connectivity index (χ1v) is 7.65. The third-order valence-corrected chi connectivity index (χ3v) is 4.07. The van der Waals surface area contributed by atoms with Crippen LogP contribution in [0.1, 0.15) is 55.3 Å². The summed E-state index contributed by atoms with van der Waals surface area (Å²) in [6.45, 7) is 0.635. The summed E-state index contributed by atoms with van der Waals surface area (Å²) in [4.78, 5) is 12.1. The molecule has 0 spiro atoms. The fourth-order valence-electron chi connectivity index (χ4n) is 2.57. The lowest BCUT2D eigenvalue weighted by atomic mass is 9.91. The topological polar surface area (TPSA) is 49.3 Å². The Hall–Kier alpha value is -1.22. The summed E-state index contributed by atoms with van der Waals surface area (Å²) in [6.07, 6.45) is 8.61. The lowest BCUT2D eigenvalue weighted by Gasteiger charge is -2.19. The molecule has 1 aliphatic rings. The predicted octanol–water partition coefficient (Wildman–Crippen LogP) is 4.75. The molecule has 1 aromatic carbocycles. The van der Waals surface area contributed by atoms with Crippen LogP contribution in [0.25, 0.3) is 0 Å². The van der Waals surface area contributed by atoms with Gasteiger partial charge in [-0.1, -0.05) is 58.6 Å². The molecule has 0 saturated heterocycles. The first kappa shape index (κ1) is 20.8. The van der Waals surface area contributed by atoms with Gasteiger partial charge in [0.1, 0.15) is 5.75 Å². The van der Waals surface area contributed by atoms with Crippen molar-refractivity contribution >= 4 is 17.5 Å². The highest BCUT2D eigenvalue weighted by molar-refractivity contribution is 6.34. The van der Waals surface area contributed by atoms with Gasteiger partial charge in [0.05, 0.1) is 10.6 Å². The second kappa shape index (κ2) is 10.5. The summed E-state index contributed by atoms with van der Waals surface area (Å²) in [5.74, 6) is 1.32. The number of hydrogen-bond donors (Lipinski definition) is 2.